The second-order valence-electron chi connectivity index (χ2n) is 6.57. The summed E-state index contributed by atoms with van der Waals surface area (Å²) in [5.41, 5.74) is 6.22. The molecule has 0 saturated heterocycles. The maximum Gasteiger partial charge on any atom is 0.244 e. The smallest absolute Gasteiger partial charge is 0.244 e. The quantitative estimate of drug-likeness (QED) is 0.865. The van der Waals surface area contributed by atoms with Gasteiger partial charge in [-0.2, -0.15) is 5.10 Å². The van der Waals surface area contributed by atoms with Crippen LogP contribution in [-0.4, -0.2) is 30.3 Å². The third-order valence-corrected chi connectivity index (χ3v) is 6.55. The van der Waals surface area contributed by atoms with E-state index in [1.54, 1.807) is 4.68 Å². The maximum absolute atomic E-state index is 12.8. The Labute approximate surface area is 143 Å². The van der Waals surface area contributed by atoms with Crippen LogP contribution in [0.1, 0.15) is 32.6 Å². The van der Waals surface area contributed by atoms with Gasteiger partial charge in [-0.05, 0) is 30.9 Å². The van der Waals surface area contributed by atoms with Crippen molar-refractivity contribution in [1.82, 2.24) is 14.5 Å². The molecule has 2 aromatic rings. The molecule has 1 fully saturated rings. The Morgan fingerprint density at radius 1 is 1.33 bits per heavy atom. The number of hydrogen-bond donors (Lipinski definition) is 2. The molecule has 0 spiro atoms. The fraction of sp³-hybridized carbons (Fsp3) is 0.471. The van der Waals surface area contributed by atoms with Crippen LogP contribution in [-0.2, 0) is 10.0 Å². The predicted molar refractivity (Wildman–Crippen MR) is 93.3 cm³/mol. The molecule has 1 aromatic carbocycles. The lowest BCUT2D eigenvalue weighted by Gasteiger charge is -2.42. The first-order chi connectivity index (χ1) is 11.5. The van der Waals surface area contributed by atoms with Crippen molar-refractivity contribution in [2.45, 2.75) is 43.0 Å². The number of aromatic nitrogens is 2. The summed E-state index contributed by atoms with van der Waals surface area (Å²) in [5.74, 6) is 0.218. The number of hydrogen-bond acceptors (Lipinski definition) is 4. The first-order valence-corrected chi connectivity index (χ1v) is 9.79. The fourth-order valence-electron chi connectivity index (χ4n) is 3.40. The molecule has 1 saturated carbocycles. The van der Waals surface area contributed by atoms with E-state index in [0.29, 0.717) is 6.54 Å². The van der Waals surface area contributed by atoms with E-state index >= 15 is 0 Å². The third-order valence-electron chi connectivity index (χ3n) is 5.05. The number of nitrogens with two attached hydrogens (primary N) is 1. The van der Waals surface area contributed by atoms with Crippen LogP contribution in [0.25, 0.3) is 5.69 Å². The Morgan fingerprint density at radius 2 is 2.08 bits per heavy atom. The second kappa shape index (κ2) is 6.66. The van der Waals surface area contributed by atoms with Crippen molar-refractivity contribution in [3.63, 3.8) is 0 Å². The van der Waals surface area contributed by atoms with Gasteiger partial charge in [0.25, 0.3) is 0 Å². The van der Waals surface area contributed by atoms with Gasteiger partial charge < -0.3 is 5.73 Å². The van der Waals surface area contributed by atoms with Crippen LogP contribution in [0.3, 0.4) is 0 Å². The zero-order valence-electron chi connectivity index (χ0n) is 13.9. The van der Waals surface area contributed by atoms with Crippen LogP contribution < -0.4 is 10.5 Å². The largest absolute Gasteiger partial charge is 0.329 e. The van der Waals surface area contributed by atoms with Crippen LogP contribution >= 0.6 is 0 Å². The minimum Gasteiger partial charge on any atom is -0.329 e. The minimum absolute atomic E-state index is 0.164. The molecule has 3 rings (SSSR count). The fourth-order valence-corrected chi connectivity index (χ4v) is 4.87. The molecular formula is C17H24N4O2S. The van der Waals surface area contributed by atoms with E-state index in [1.165, 1.54) is 12.4 Å². The van der Waals surface area contributed by atoms with E-state index in [9.17, 15) is 8.42 Å². The molecule has 0 bridgehead atoms. The highest BCUT2D eigenvalue weighted by molar-refractivity contribution is 7.89. The number of nitrogens with one attached hydrogen (secondary N) is 1. The molecule has 0 aliphatic heterocycles. The van der Waals surface area contributed by atoms with Gasteiger partial charge in [-0.25, -0.2) is 17.8 Å². The van der Waals surface area contributed by atoms with E-state index in [2.05, 4.69) is 16.7 Å². The van der Waals surface area contributed by atoms with Gasteiger partial charge in [0.15, 0.2) is 0 Å². The lowest BCUT2D eigenvalue weighted by molar-refractivity contribution is 0.191. The molecule has 1 aliphatic rings. The number of para-hydroxylation sites is 1. The summed E-state index contributed by atoms with van der Waals surface area (Å²) in [6, 6.07) is 9.43. The minimum atomic E-state index is -3.66. The Hall–Kier alpha value is -1.70. The van der Waals surface area contributed by atoms with E-state index in [0.717, 1.165) is 31.4 Å². The van der Waals surface area contributed by atoms with E-state index in [4.69, 9.17) is 5.73 Å². The van der Waals surface area contributed by atoms with E-state index in [1.807, 2.05) is 30.3 Å². The Balaban J connectivity index is 1.87. The van der Waals surface area contributed by atoms with Crippen molar-refractivity contribution in [3.8, 4) is 5.69 Å². The van der Waals surface area contributed by atoms with E-state index < -0.39 is 15.6 Å². The van der Waals surface area contributed by atoms with Crippen molar-refractivity contribution in [3.05, 3.63) is 42.7 Å². The van der Waals surface area contributed by atoms with Gasteiger partial charge >= 0.3 is 0 Å². The standard InChI is InChI=1S/C17H24N4O2S/c1-14-7-5-6-10-17(14,13-18)20-24(22,23)16-11-19-21(12-16)15-8-3-2-4-9-15/h2-4,8-9,11-12,14,20H,5-7,10,13,18H2,1H3. The molecule has 2 unspecified atom stereocenters. The summed E-state index contributed by atoms with van der Waals surface area (Å²) in [5, 5.41) is 4.18. The topological polar surface area (TPSA) is 90.0 Å². The van der Waals surface area contributed by atoms with Crippen LogP contribution in [0.2, 0.25) is 0 Å². The van der Waals surface area contributed by atoms with Crippen molar-refractivity contribution in [2.24, 2.45) is 11.7 Å². The molecule has 0 amide bonds. The van der Waals surface area contributed by atoms with Gasteiger partial charge in [0.05, 0.1) is 18.1 Å². The third kappa shape index (κ3) is 3.24. The summed E-state index contributed by atoms with van der Waals surface area (Å²) < 4.78 is 30.1. The van der Waals surface area contributed by atoms with Crippen LogP contribution in [0.4, 0.5) is 0 Å². The Morgan fingerprint density at radius 3 is 2.75 bits per heavy atom. The molecule has 6 nitrogen and oxygen atoms in total. The molecule has 2 atom stereocenters. The van der Waals surface area contributed by atoms with Gasteiger partial charge in [0.2, 0.25) is 10.0 Å². The highest BCUT2D eigenvalue weighted by Gasteiger charge is 2.40. The lowest BCUT2D eigenvalue weighted by Crippen LogP contribution is -2.58. The molecular weight excluding hydrogens is 324 g/mol. The summed E-state index contributed by atoms with van der Waals surface area (Å²) in [6.45, 7) is 2.38. The van der Waals surface area contributed by atoms with Gasteiger partial charge in [-0.1, -0.05) is 38.0 Å². The average molecular weight is 348 g/mol. The Kier molecular flexibility index (Phi) is 4.76. The molecule has 130 valence electrons. The van der Waals surface area contributed by atoms with E-state index in [-0.39, 0.29) is 10.8 Å². The van der Waals surface area contributed by atoms with Crippen LogP contribution in [0.5, 0.6) is 0 Å². The molecule has 1 aliphatic carbocycles. The van der Waals surface area contributed by atoms with Crippen LogP contribution in [0, 0.1) is 5.92 Å². The van der Waals surface area contributed by atoms with Crippen molar-refractivity contribution >= 4 is 10.0 Å². The van der Waals surface area contributed by atoms with Gasteiger partial charge in [0, 0.05) is 12.1 Å². The molecule has 1 aromatic heterocycles. The highest BCUT2D eigenvalue weighted by Crippen LogP contribution is 2.34. The number of sulfonamides is 1. The number of benzene rings is 1. The van der Waals surface area contributed by atoms with Crippen LogP contribution in [0.15, 0.2) is 47.6 Å². The monoisotopic (exact) mass is 348 g/mol. The molecule has 7 heteroatoms. The summed E-state index contributed by atoms with van der Waals surface area (Å²) in [4.78, 5) is 0.164. The van der Waals surface area contributed by atoms with Crippen molar-refractivity contribution in [2.75, 3.05) is 6.54 Å². The number of nitrogens with zero attached hydrogens (tertiary/aromatic N) is 2. The summed E-state index contributed by atoms with van der Waals surface area (Å²) >= 11 is 0. The van der Waals surface area contributed by atoms with Gasteiger partial charge in [0.1, 0.15) is 4.90 Å². The molecule has 0 radical (unpaired) electrons. The lowest BCUT2D eigenvalue weighted by atomic mass is 9.74. The highest BCUT2D eigenvalue weighted by atomic mass is 32.2. The zero-order valence-corrected chi connectivity index (χ0v) is 14.7. The second-order valence-corrected chi connectivity index (χ2v) is 8.25. The SMILES string of the molecule is CC1CCCCC1(CN)NS(=O)(=O)c1cnn(-c2ccccc2)c1. The maximum atomic E-state index is 12.8. The van der Waals surface area contributed by atoms with Crippen molar-refractivity contribution in [1.29, 1.82) is 0 Å². The average Bonchev–Trinajstić information content (AvgIpc) is 3.09. The predicted octanol–water partition coefficient (Wildman–Crippen LogP) is 2.06. The normalized spacial score (nSPS) is 24.8. The molecule has 1 heterocycles. The molecule has 3 N–H and O–H groups in total. The summed E-state index contributed by atoms with van der Waals surface area (Å²) in [7, 11) is -3.66. The van der Waals surface area contributed by atoms with Gasteiger partial charge in [-0.3, -0.25) is 0 Å². The first-order valence-electron chi connectivity index (χ1n) is 8.31. The number of rotatable bonds is 5. The molecule has 24 heavy (non-hydrogen) atoms. The summed E-state index contributed by atoms with van der Waals surface area (Å²) in [6.07, 6.45) is 6.80. The Bertz CT molecular complexity index is 788. The van der Waals surface area contributed by atoms with Crippen molar-refractivity contribution < 1.29 is 8.42 Å². The van der Waals surface area contributed by atoms with Gasteiger partial charge in [-0.15, -0.1) is 0 Å². The zero-order chi connectivity index (χ0) is 17.2. The first kappa shape index (κ1) is 17.1.